The highest BCUT2D eigenvalue weighted by Crippen LogP contribution is 2.31. The van der Waals surface area contributed by atoms with Crippen LogP contribution in [0.4, 0.5) is 0 Å². The van der Waals surface area contributed by atoms with Gasteiger partial charge in [-0.15, -0.1) is 0 Å². The van der Waals surface area contributed by atoms with Gasteiger partial charge in [-0.3, -0.25) is 9.80 Å². The monoisotopic (exact) mass is 156 g/mol. The molecular formula is C8H16N2O. The van der Waals surface area contributed by atoms with Gasteiger partial charge < -0.3 is 0 Å². The smallest absolute Gasteiger partial charge is 0.242 e. The van der Waals surface area contributed by atoms with Gasteiger partial charge >= 0.3 is 0 Å². The highest BCUT2D eigenvalue weighted by Gasteiger charge is 2.37. The molecule has 1 fully saturated rings. The van der Waals surface area contributed by atoms with Crippen molar-refractivity contribution in [1.29, 1.82) is 0 Å². The van der Waals surface area contributed by atoms with Crippen molar-refractivity contribution in [2.75, 3.05) is 0 Å². The Hall–Kier alpha value is -0.570. The number of amides is 1. The van der Waals surface area contributed by atoms with Crippen molar-refractivity contribution in [3.05, 3.63) is 0 Å². The molecule has 0 radical (unpaired) electrons. The number of hydrogen-bond acceptors (Lipinski definition) is 2. The number of nitrogens with zero attached hydrogens (tertiary/aromatic N) is 1. The Morgan fingerprint density at radius 3 is 2.64 bits per heavy atom. The zero-order chi connectivity index (χ0) is 8.65. The molecule has 64 valence electrons. The molecule has 0 aromatic carbocycles. The number of hydrogen-bond donors (Lipinski definition) is 1. The molecule has 1 atom stereocenters. The van der Waals surface area contributed by atoms with Crippen molar-refractivity contribution in [2.24, 2.45) is 11.3 Å². The summed E-state index contributed by atoms with van der Waals surface area (Å²) in [5.74, 6) is 5.65. The van der Waals surface area contributed by atoms with Crippen LogP contribution in [0.25, 0.3) is 0 Å². The highest BCUT2D eigenvalue weighted by atomic mass is 16.2. The van der Waals surface area contributed by atoms with Crippen LogP contribution in [0.15, 0.2) is 0 Å². The summed E-state index contributed by atoms with van der Waals surface area (Å²) in [6.45, 7) is 5.87. The molecule has 1 amide bonds. The number of nitrogens with two attached hydrogens (primary N) is 1. The summed E-state index contributed by atoms with van der Waals surface area (Å²) < 4.78 is 0. The lowest BCUT2D eigenvalue weighted by Crippen LogP contribution is -2.54. The first-order valence-electron chi connectivity index (χ1n) is 4.03. The highest BCUT2D eigenvalue weighted by molar-refractivity contribution is 5.82. The number of carbonyl (C=O) groups is 1. The first-order valence-corrected chi connectivity index (χ1v) is 4.03. The van der Waals surface area contributed by atoms with Crippen LogP contribution in [-0.2, 0) is 4.79 Å². The Morgan fingerprint density at radius 2 is 2.18 bits per heavy atom. The molecular weight excluding hydrogens is 140 g/mol. The summed E-state index contributed by atoms with van der Waals surface area (Å²) in [5, 5.41) is 1.36. The van der Waals surface area contributed by atoms with Crippen molar-refractivity contribution < 1.29 is 4.79 Å². The van der Waals surface area contributed by atoms with Crippen molar-refractivity contribution in [3.63, 3.8) is 0 Å². The molecule has 0 saturated carbocycles. The van der Waals surface area contributed by atoms with E-state index >= 15 is 0 Å². The number of rotatable bonds is 0. The SMILES string of the molecule is CC1CCC(C)(C)C(=O)N1N. The predicted molar refractivity (Wildman–Crippen MR) is 43.5 cm³/mol. The predicted octanol–water partition coefficient (Wildman–Crippen LogP) is 0.897. The summed E-state index contributed by atoms with van der Waals surface area (Å²) in [6, 6.07) is 0.204. The summed E-state index contributed by atoms with van der Waals surface area (Å²) in [4.78, 5) is 11.5. The van der Waals surface area contributed by atoms with Crippen LogP contribution in [0.5, 0.6) is 0 Å². The second-order valence-corrected chi connectivity index (χ2v) is 3.98. The molecule has 3 nitrogen and oxygen atoms in total. The fraction of sp³-hybridized carbons (Fsp3) is 0.875. The van der Waals surface area contributed by atoms with E-state index in [0.717, 1.165) is 12.8 Å². The Bertz CT molecular complexity index is 177. The minimum Gasteiger partial charge on any atom is -0.277 e. The zero-order valence-corrected chi connectivity index (χ0v) is 7.42. The van der Waals surface area contributed by atoms with Crippen LogP contribution in [0.2, 0.25) is 0 Å². The van der Waals surface area contributed by atoms with Gasteiger partial charge in [0.1, 0.15) is 0 Å². The van der Waals surface area contributed by atoms with Crippen LogP contribution < -0.4 is 5.84 Å². The molecule has 1 aliphatic rings. The van der Waals surface area contributed by atoms with Crippen LogP contribution >= 0.6 is 0 Å². The lowest BCUT2D eigenvalue weighted by atomic mass is 9.81. The van der Waals surface area contributed by atoms with Gasteiger partial charge in [0.25, 0.3) is 0 Å². The third-order valence-electron chi connectivity index (χ3n) is 2.48. The minimum absolute atomic E-state index is 0.0660. The largest absolute Gasteiger partial charge is 0.277 e. The van der Waals surface area contributed by atoms with E-state index in [-0.39, 0.29) is 17.4 Å². The maximum Gasteiger partial charge on any atom is 0.242 e. The second-order valence-electron chi connectivity index (χ2n) is 3.98. The maximum absolute atomic E-state index is 11.5. The Labute approximate surface area is 67.5 Å². The Balaban J connectivity index is 2.76. The molecule has 1 rings (SSSR count). The Kier molecular flexibility index (Phi) is 1.92. The van der Waals surface area contributed by atoms with Gasteiger partial charge in [0.05, 0.1) is 0 Å². The molecule has 0 aromatic heterocycles. The van der Waals surface area contributed by atoms with E-state index < -0.39 is 0 Å². The second kappa shape index (κ2) is 2.48. The molecule has 0 spiro atoms. The fourth-order valence-corrected chi connectivity index (χ4v) is 1.37. The van der Waals surface area contributed by atoms with E-state index in [1.165, 1.54) is 5.01 Å². The van der Waals surface area contributed by atoms with Crippen molar-refractivity contribution in [3.8, 4) is 0 Å². The molecule has 1 saturated heterocycles. The van der Waals surface area contributed by atoms with E-state index in [9.17, 15) is 4.79 Å². The average Bonchev–Trinajstić information content (AvgIpc) is 1.95. The van der Waals surface area contributed by atoms with Gasteiger partial charge in [-0.25, -0.2) is 5.84 Å². The third kappa shape index (κ3) is 1.38. The molecule has 2 N–H and O–H groups in total. The number of piperidine rings is 1. The average molecular weight is 156 g/mol. The standard InChI is InChI=1S/C8H16N2O/c1-6-4-5-8(2,3)7(11)10(6)9/h6H,4-5,9H2,1-3H3. The van der Waals surface area contributed by atoms with Gasteiger partial charge in [-0.05, 0) is 19.8 Å². The Morgan fingerprint density at radius 1 is 1.64 bits per heavy atom. The van der Waals surface area contributed by atoms with Gasteiger partial charge in [0.2, 0.25) is 5.91 Å². The minimum atomic E-state index is -0.249. The van der Waals surface area contributed by atoms with E-state index in [4.69, 9.17) is 5.84 Å². The normalized spacial score (nSPS) is 30.7. The summed E-state index contributed by atoms with van der Waals surface area (Å²) >= 11 is 0. The molecule has 11 heavy (non-hydrogen) atoms. The van der Waals surface area contributed by atoms with E-state index in [1.807, 2.05) is 20.8 Å². The molecule has 1 aliphatic heterocycles. The van der Waals surface area contributed by atoms with Gasteiger partial charge in [-0.1, -0.05) is 13.8 Å². The first-order chi connectivity index (χ1) is 4.95. The van der Waals surface area contributed by atoms with Crippen LogP contribution in [0.1, 0.15) is 33.6 Å². The maximum atomic E-state index is 11.5. The van der Waals surface area contributed by atoms with Crippen LogP contribution in [0, 0.1) is 5.41 Å². The lowest BCUT2D eigenvalue weighted by molar-refractivity contribution is -0.147. The topological polar surface area (TPSA) is 46.3 Å². The lowest BCUT2D eigenvalue weighted by Gasteiger charge is -2.38. The van der Waals surface area contributed by atoms with Gasteiger partial charge in [-0.2, -0.15) is 0 Å². The molecule has 3 heteroatoms. The van der Waals surface area contributed by atoms with E-state index in [0.29, 0.717) is 0 Å². The summed E-state index contributed by atoms with van der Waals surface area (Å²) in [7, 11) is 0. The first kappa shape index (κ1) is 8.53. The molecule has 1 heterocycles. The molecule has 0 bridgehead atoms. The fourth-order valence-electron chi connectivity index (χ4n) is 1.37. The van der Waals surface area contributed by atoms with Crippen LogP contribution in [-0.4, -0.2) is 17.0 Å². The van der Waals surface area contributed by atoms with E-state index in [1.54, 1.807) is 0 Å². The summed E-state index contributed by atoms with van der Waals surface area (Å²) in [5.41, 5.74) is -0.249. The van der Waals surface area contributed by atoms with Gasteiger partial charge in [0.15, 0.2) is 0 Å². The molecule has 1 unspecified atom stereocenters. The van der Waals surface area contributed by atoms with Crippen molar-refractivity contribution >= 4 is 5.91 Å². The molecule has 0 aromatic rings. The van der Waals surface area contributed by atoms with Gasteiger partial charge in [0, 0.05) is 11.5 Å². The zero-order valence-electron chi connectivity index (χ0n) is 7.42. The van der Waals surface area contributed by atoms with Crippen molar-refractivity contribution in [1.82, 2.24) is 5.01 Å². The van der Waals surface area contributed by atoms with Crippen molar-refractivity contribution in [2.45, 2.75) is 39.7 Å². The molecule has 0 aliphatic carbocycles. The van der Waals surface area contributed by atoms with Crippen LogP contribution in [0.3, 0.4) is 0 Å². The quantitative estimate of drug-likeness (QED) is 0.418. The third-order valence-corrected chi connectivity index (χ3v) is 2.48. The number of carbonyl (C=O) groups excluding carboxylic acids is 1. The summed E-state index contributed by atoms with van der Waals surface area (Å²) in [6.07, 6.45) is 1.95. The number of hydrazine groups is 1. The van der Waals surface area contributed by atoms with E-state index in [2.05, 4.69) is 0 Å².